The number of fused-ring (bicyclic) bond motifs is 2. The minimum Gasteiger partial charge on any atom is -0.508 e. The van der Waals surface area contributed by atoms with Gasteiger partial charge in [-0.1, -0.05) is 152 Å². The van der Waals surface area contributed by atoms with E-state index in [2.05, 4.69) is 9.97 Å². The minimum atomic E-state index is -4.60. The molecule has 3 N–H and O–H groups in total. The number of hydrogen-bond donors (Lipinski definition) is 3. The highest BCUT2D eigenvalue weighted by Crippen LogP contribution is 2.35. The molecular weight excluding hydrogens is 1020 g/mol. The van der Waals surface area contributed by atoms with E-state index in [9.17, 15) is 41.7 Å². The molecule has 6 heterocycles. The molecule has 0 radical (unpaired) electrons. The van der Waals surface area contributed by atoms with Crippen LogP contribution in [0.1, 0.15) is 118 Å². The number of aryl methyl sites for hydroxylation is 1. The van der Waals surface area contributed by atoms with Gasteiger partial charge in [0.15, 0.2) is 11.3 Å². The van der Waals surface area contributed by atoms with E-state index < -0.39 is 23.9 Å². The fourth-order valence-electron chi connectivity index (χ4n) is 7.67. The lowest BCUT2D eigenvalue weighted by Crippen LogP contribution is -2.02. The van der Waals surface area contributed by atoms with Crippen LogP contribution in [0.5, 0.6) is 17.5 Å². The second-order valence-electron chi connectivity index (χ2n) is 15.9. The Morgan fingerprint density at radius 2 is 0.831 bits per heavy atom. The van der Waals surface area contributed by atoms with E-state index in [-0.39, 0.29) is 65.7 Å². The van der Waals surface area contributed by atoms with Crippen molar-refractivity contribution in [1.29, 1.82) is 0 Å². The van der Waals surface area contributed by atoms with E-state index in [4.69, 9.17) is 18.8 Å². The van der Waals surface area contributed by atoms with Crippen molar-refractivity contribution in [3.63, 3.8) is 0 Å². The highest BCUT2D eigenvalue weighted by molar-refractivity contribution is 5.85. The van der Waals surface area contributed by atoms with Gasteiger partial charge >= 0.3 is 12.4 Å². The van der Waals surface area contributed by atoms with Crippen molar-refractivity contribution in [2.75, 3.05) is 0 Å². The number of alkyl halides is 6. The lowest BCUT2D eigenvalue weighted by molar-refractivity contribution is -0.154. The Labute approximate surface area is 450 Å². The van der Waals surface area contributed by atoms with E-state index in [1.54, 1.807) is 30.6 Å². The molecule has 0 saturated heterocycles. The zero-order chi connectivity index (χ0) is 55.7. The van der Waals surface area contributed by atoms with Gasteiger partial charge in [0.2, 0.25) is 23.3 Å². The maximum Gasteiger partial charge on any atom is 0.449 e. The molecule has 0 fully saturated rings. The SMILES string of the molecule is CC.CC.CC.CC.Cc1cccc(-c2cn3c(O)c(Cc4ccc(C(F)(F)F)o4)nc3c(Cc3ccccc3)n2)c1.Cl.Oc1cccc(-c2cn3c(O)c(Cc4ccc(C(F)(F)F)o4)nc3c(Cc3ccccc3)n2)c1. The molecule has 0 saturated carbocycles. The van der Waals surface area contributed by atoms with Crippen LogP contribution < -0.4 is 0 Å². The van der Waals surface area contributed by atoms with Gasteiger partial charge in [-0.3, -0.25) is 8.80 Å². The van der Waals surface area contributed by atoms with Crippen molar-refractivity contribution >= 4 is 23.7 Å². The second kappa shape index (κ2) is 28.2. The molecule has 11 nitrogen and oxygen atoms in total. The zero-order valence-electron chi connectivity index (χ0n) is 44.2. The topological polar surface area (TPSA) is 147 Å². The summed E-state index contributed by atoms with van der Waals surface area (Å²) in [4.78, 5) is 18.6. The molecule has 0 aliphatic carbocycles. The standard InChI is InChI=1S/C26H20F3N3O2.C25H18F3N3O3.4C2H6.ClH/c1-16-6-5-9-18(12-16)22-15-32-24(20(30-22)13-17-7-3-2-4-8-17)31-21(25(32)33)14-19-10-11-23(34-19)26(27,28)29;26-25(27,28)22-10-9-18(34-22)13-20-24(33)31-14-21(16-7-4-8-17(32)12-16)29-19(23(31)30-20)11-15-5-2-1-3-6-15;4*1-2;/h2-12,15,33H,13-14H2,1H3;1-10,12,14,32-33H,11,13H2;4*1-2H3;1H. The van der Waals surface area contributed by atoms with Gasteiger partial charge in [-0.05, 0) is 60.5 Å². The number of rotatable bonds is 10. The van der Waals surface area contributed by atoms with Crippen molar-refractivity contribution in [2.45, 2.75) is 100 Å². The van der Waals surface area contributed by atoms with Crippen molar-refractivity contribution in [1.82, 2.24) is 28.7 Å². The van der Waals surface area contributed by atoms with Crippen molar-refractivity contribution in [2.24, 2.45) is 0 Å². The third-order valence-corrected chi connectivity index (χ3v) is 10.9. The van der Waals surface area contributed by atoms with Crippen LogP contribution >= 0.6 is 12.4 Å². The Hall–Kier alpha value is -8.05. The van der Waals surface area contributed by atoms with E-state index in [1.165, 1.54) is 27.0 Å². The highest BCUT2D eigenvalue weighted by atomic mass is 35.5. The number of benzene rings is 4. The van der Waals surface area contributed by atoms with Crippen LogP contribution in [0, 0.1) is 6.92 Å². The molecule has 6 aromatic heterocycles. The first-order valence-corrected chi connectivity index (χ1v) is 25.0. The first-order chi connectivity index (χ1) is 36.6. The maximum absolute atomic E-state index is 12.9. The molecule has 10 aromatic rings. The average Bonchev–Trinajstić information content (AvgIpc) is 4.25. The fraction of sp³-hybridized carbons (Fsp3) is 0.254. The minimum absolute atomic E-state index is 0. The van der Waals surface area contributed by atoms with Gasteiger partial charge < -0.3 is 24.2 Å². The van der Waals surface area contributed by atoms with Crippen LogP contribution in [0.15, 0.2) is 155 Å². The zero-order valence-corrected chi connectivity index (χ0v) is 45.0. The molecule has 0 aliphatic heterocycles. The molecule has 0 spiro atoms. The van der Waals surface area contributed by atoms with Crippen LogP contribution in [0.3, 0.4) is 0 Å². The summed E-state index contributed by atoms with van der Waals surface area (Å²) >= 11 is 0. The lowest BCUT2D eigenvalue weighted by atomic mass is 10.1. The molecule has 77 heavy (non-hydrogen) atoms. The Morgan fingerprint density at radius 3 is 1.19 bits per heavy atom. The van der Waals surface area contributed by atoms with Gasteiger partial charge in [0.1, 0.15) is 28.7 Å². The van der Waals surface area contributed by atoms with Crippen molar-refractivity contribution in [3.8, 4) is 40.0 Å². The monoisotopic (exact) mass is 1080 g/mol. The first kappa shape index (κ1) is 61.5. The van der Waals surface area contributed by atoms with Gasteiger partial charge in [-0.2, -0.15) is 26.3 Å². The normalized spacial score (nSPS) is 10.8. The van der Waals surface area contributed by atoms with Crippen molar-refractivity contribution in [3.05, 3.63) is 208 Å². The highest BCUT2D eigenvalue weighted by Gasteiger charge is 2.36. The number of phenols is 1. The summed E-state index contributed by atoms with van der Waals surface area (Å²) in [6.07, 6.45) is -5.24. The Morgan fingerprint density at radius 1 is 0.442 bits per heavy atom. The lowest BCUT2D eigenvalue weighted by Gasteiger charge is -2.09. The summed E-state index contributed by atoms with van der Waals surface area (Å²) in [5.41, 5.74) is 8.09. The number of halogens is 7. The van der Waals surface area contributed by atoms with E-state index >= 15 is 0 Å². The van der Waals surface area contributed by atoms with Crippen LogP contribution in [-0.4, -0.2) is 44.1 Å². The van der Waals surface area contributed by atoms with Gasteiger partial charge in [-0.25, -0.2) is 19.9 Å². The number of phenolic OH excluding ortho intramolecular Hbond substituents is 1. The van der Waals surface area contributed by atoms with Gasteiger partial charge in [0, 0.05) is 36.4 Å². The van der Waals surface area contributed by atoms with Crippen LogP contribution in [0.25, 0.3) is 33.8 Å². The molecule has 10 rings (SSSR count). The summed E-state index contributed by atoms with van der Waals surface area (Å²) < 4.78 is 90.2. The second-order valence-corrected chi connectivity index (χ2v) is 15.9. The molecule has 0 bridgehead atoms. The maximum atomic E-state index is 12.9. The quantitative estimate of drug-likeness (QED) is 0.114. The third-order valence-electron chi connectivity index (χ3n) is 10.9. The van der Waals surface area contributed by atoms with Crippen LogP contribution in [0.4, 0.5) is 26.3 Å². The smallest absolute Gasteiger partial charge is 0.449 e. The van der Waals surface area contributed by atoms with E-state index in [0.29, 0.717) is 52.5 Å². The summed E-state index contributed by atoms with van der Waals surface area (Å²) in [5, 5.41) is 31.7. The van der Waals surface area contributed by atoms with Gasteiger partial charge in [0.05, 0.1) is 35.6 Å². The number of hydrogen-bond acceptors (Lipinski definition) is 9. The van der Waals surface area contributed by atoms with Gasteiger partial charge in [-0.15, -0.1) is 12.4 Å². The van der Waals surface area contributed by atoms with E-state index in [1.807, 2.05) is 147 Å². The summed E-state index contributed by atoms with van der Waals surface area (Å²) in [6, 6.07) is 37.9. The molecule has 18 heteroatoms. The number of nitrogens with zero attached hydrogens (tertiary/aromatic N) is 6. The van der Waals surface area contributed by atoms with Gasteiger partial charge in [0.25, 0.3) is 0 Å². The van der Waals surface area contributed by atoms with Crippen molar-refractivity contribution < 1.29 is 50.5 Å². The summed E-state index contributed by atoms with van der Waals surface area (Å²) in [7, 11) is 0. The number of aromatic hydroxyl groups is 3. The Kier molecular flexibility index (Phi) is 22.5. The van der Waals surface area contributed by atoms with E-state index in [0.717, 1.165) is 34.4 Å². The summed E-state index contributed by atoms with van der Waals surface area (Å²) in [5.74, 6) is -2.43. The fourth-order valence-corrected chi connectivity index (χ4v) is 7.67. The third kappa shape index (κ3) is 15.5. The molecule has 4 aromatic carbocycles. The molecule has 408 valence electrons. The molecule has 0 aliphatic rings. The van der Waals surface area contributed by atoms with Crippen LogP contribution in [0.2, 0.25) is 0 Å². The molecule has 0 amide bonds. The summed E-state index contributed by atoms with van der Waals surface area (Å²) in [6.45, 7) is 18.0. The average molecular weight is 1090 g/mol. The number of aromatic nitrogens is 6. The Bertz CT molecular complexity index is 3180. The molecule has 0 atom stereocenters. The predicted octanol–water partition coefficient (Wildman–Crippen LogP) is 16.3. The molecular formula is C59H63ClF6N6O5. The Balaban J connectivity index is 0.000000291. The largest absolute Gasteiger partial charge is 0.508 e. The van der Waals surface area contributed by atoms with Crippen LogP contribution in [-0.2, 0) is 38.0 Å². The first-order valence-electron chi connectivity index (χ1n) is 25.0. The predicted molar refractivity (Wildman–Crippen MR) is 291 cm³/mol. The number of furan rings is 2. The molecule has 0 unspecified atom stereocenters. The number of imidazole rings is 2.